The largest absolute Gasteiger partial charge is 0.490 e. The molecule has 5 nitrogen and oxygen atoms in total. The lowest BCUT2D eigenvalue weighted by Crippen LogP contribution is -2.25. The van der Waals surface area contributed by atoms with Gasteiger partial charge < -0.3 is 15.2 Å². The third-order valence-electron chi connectivity index (χ3n) is 2.65. The molecule has 1 aromatic carbocycles. The van der Waals surface area contributed by atoms with Crippen LogP contribution in [0.5, 0.6) is 5.75 Å². The van der Waals surface area contributed by atoms with Gasteiger partial charge in [0, 0.05) is 18.0 Å². The van der Waals surface area contributed by atoms with Crippen LogP contribution < -0.4 is 10.1 Å². The van der Waals surface area contributed by atoms with E-state index in [-0.39, 0.29) is 18.4 Å². The fourth-order valence-electron chi connectivity index (χ4n) is 1.73. The third kappa shape index (κ3) is 6.49. The van der Waals surface area contributed by atoms with Gasteiger partial charge in [0.15, 0.2) is 0 Å². The van der Waals surface area contributed by atoms with E-state index in [9.17, 15) is 9.59 Å². The standard InChI is InChI=1S/C15H20ClNO4/c1-10(2)21-13-7-6-11(16)9-12(13)15(20)17-8-4-3-5-14(18)19/h6-7,9-10H,3-5,8H2,1-2H3,(H,17,20)(H,18,19). The van der Waals surface area contributed by atoms with Gasteiger partial charge in [0.2, 0.25) is 0 Å². The molecule has 0 aliphatic rings. The van der Waals surface area contributed by atoms with Crippen LogP contribution in [-0.4, -0.2) is 29.6 Å². The van der Waals surface area contributed by atoms with Crippen LogP contribution in [0, 0.1) is 0 Å². The molecule has 21 heavy (non-hydrogen) atoms. The van der Waals surface area contributed by atoms with E-state index in [1.54, 1.807) is 18.2 Å². The molecule has 0 aliphatic heterocycles. The molecule has 0 aromatic heterocycles. The van der Waals surface area contributed by atoms with Gasteiger partial charge in [-0.3, -0.25) is 9.59 Å². The highest BCUT2D eigenvalue weighted by atomic mass is 35.5. The first-order chi connectivity index (χ1) is 9.90. The van der Waals surface area contributed by atoms with E-state index < -0.39 is 5.97 Å². The molecule has 0 bridgehead atoms. The average molecular weight is 314 g/mol. The summed E-state index contributed by atoms with van der Waals surface area (Å²) >= 11 is 5.92. The summed E-state index contributed by atoms with van der Waals surface area (Å²) in [5, 5.41) is 11.7. The molecule has 0 fully saturated rings. The van der Waals surface area contributed by atoms with E-state index in [1.165, 1.54) is 0 Å². The van der Waals surface area contributed by atoms with Gasteiger partial charge >= 0.3 is 5.97 Å². The lowest BCUT2D eigenvalue weighted by molar-refractivity contribution is -0.137. The topological polar surface area (TPSA) is 75.6 Å². The number of unbranched alkanes of at least 4 members (excludes halogenated alkanes) is 1. The van der Waals surface area contributed by atoms with Gasteiger partial charge in [0.05, 0.1) is 11.7 Å². The Balaban J connectivity index is 2.60. The highest BCUT2D eigenvalue weighted by molar-refractivity contribution is 6.31. The monoisotopic (exact) mass is 313 g/mol. The van der Waals surface area contributed by atoms with Crippen molar-refractivity contribution in [1.29, 1.82) is 0 Å². The smallest absolute Gasteiger partial charge is 0.303 e. The molecule has 0 aliphatic carbocycles. The van der Waals surface area contributed by atoms with Crippen molar-refractivity contribution in [3.8, 4) is 5.75 Å². The van der Waals surface area contributed by atoms with Crippen molar-refractivity contribution in [2.75, 3.05) is 6.54 Å². The Kier molecular flexibility index (Phi) is 7.02. The molecule has 0 atom stereocenters. The number of carboxylic acid groups (broad SMARTS) is 1. The number of carbonyl (C=O) groups is 2. The van der Waals surface area contributed by atoms with E-state index in [0.29, 0.717) is 35.7 Å². The highest BCUT2D eigenvalue weighted by Crippen LogP contribution is 2.23. The summed E-state index contributed by atoms with van der Waals surface area (Å²) in [6.45, 7) is 4.17. The molecule has 0 saturated heterocycles. The quantitative estimate of drug-likeness (QED) is 0.723. The van der Waals surface area contributed by atoms with E-state index in [0.717, 1.165) is 0 Å². The van der Waals surface area contributed by atoms with Crippen molar-refractivity contribution in [2.45, 2.75) is 39.2 Å². The number of nitrogens with one attached hydrogen (secondary N) is 1. The zero-order valence-electron chi connectivity index (χ0n) is 12.2. The minimum atomic E-state index is -0.830. The first kappa shape index (κ1) is 17.3. The van der Waals surface area contributed by atoms with Crippen LogP contribution in [0.25, 0.3) is 0 Å². The number of halogens is 1. The summed E-state index contributed by atoms with van der Waals surface area (Å²) in [5.41, 5.74) is 0.384. The lowest BCUT2D eigenvalue weighted by atomic mass is 10.1. The molecule has 0 radical (unpaired) electrons. The summed E-state index contributed by atoms with van der Waals surface area (Å²) in [4.78, 5) is 22.5. The van der Waals surface area contributed by atoms with Gasteiger partial charge in [-0.15, -0.1) is 0 Å². The van der Waals surface area contributed by atoms with Crippen LogP contribution in [0.4, 0.5) is 0 Å². The lowest BCUT2D eigenvalue weighted by Gasteiger charge is -2.14. The normalized spacial score (nSPS) is 10.5. The number of amides is 1. The van der Waals surface area contributed by atoms with Crippen molar-refractivity contribution < 1.29 is 19.4 Å². The number of ether oxygens (including phenoxy) is 1. The van der Waals surface area contributed by atoms with Crippen LogP contribution in [0.1, 0.15) is 43.5 Å². The molecule has 0 heterocycles. The summed E-state index contributed by atoms with van der Waals surface area (Å²) < 4.78 is 5.58. The predicted octanol–water partition coefficient (Wildman–Crippen LogP) is 3.11. The maximum Gasteiger partial charge on any atom is 0.303 e. The maximum absolute atomic E-state index is 12.1. The number of hydrogen-bond acceptors (Lipinski definition) is 3. The average Bonchev–Trinajstić information content (AvgIpc) is 2.39. The molecule has 1 amide bonds. The summed E-state index contributed by atoms with van der Waals surface area (Å²) in [6, 6.07) is 4.90. The summed E-state index contributed by atoms with van der Waals surface area (Å²) in [5.74, 6) is -0.621. The molecule has 0 saturated carbocycles. The zero-order chi connectivity index (χ0) is 15.8. The van der Waals surface area contributed by atoms with Crippen LogP contribution in [0.2, 0.25) is 5.02 Å². The molecular weight excluding hydrogens is 294 g/mol. The van der Waals surface area contributed by atoms with Crippen molar-refractivity contribution >= 4 is 23.5 Å². The molecule has 1 aromatic rings. The van der Waals surface area contributed by atoms with Crippen molar-refractivity contribution in [3.05, 3.63) is 28.8 Å². The predicted molar refractivity (Wildman–Crippen MR) is 81.0 cm³/mol. The maximum atomic E-state index is 12.1. The second-order valence-electron chi connectivity index (χ2n) is 4.91. The molecular formula is C15H20ClNO4. The fourth-order valence-corrected chi connectivity index (χ4v) is 1.91. The third-order valence-corrected chi connectivity index (χ3v) is 2.89. The molecule has 0 unspecified atom stereocenters. The Bertz CT molecular complexity index is 502. The van der Waals surface area contributed by atoms with Gasteiger partial charge in [-0.25, -0.2) is 0 Å². The number of hydrogen-bond donors (Lipinski definition) is 2. The number of aliphatic carboxylic acids is 1. The van der Waals surface area contributed by atoms with Crippen LogP contribution >= 0.6 is 11.6 Å². The SMILES string of the molecule is CC(C)Oc1ccc(Cl)cc1C(=O)NCCCCC(=O)O. The summed E-state index contributed by atoms with van der Waals surface area (Å²) in [6.07, 6.45) is 1.20. The number of carboxylic acids is 1. The van der Waals surface area contributed by atoms with E-state index in [2.05, 4.69) is 5.32 Å². The van der Waals surface area contributed by atoms with E-state index in [1.807, 2.05) is 13.8 Å². The fraction of sp³-hybridized carbons (Fsp3) is 0.467. The minimum absolute atomic E-state index is 0.0479. The van der Waals surface area contributed by atoms with Crippen molar-refractivity contribution in [3.63, 3.8) is 0 Å². The Morgan fingerprint density at radius 3 is 2.67 bits per heavy atom. The van der Waals surface area contributed by atoms with Gasteiger partial charge in [-0.05, 0) is 44.9 Å². The second kappa shape index (κ2) is 8.52. The van der Waals surface area contributed by atoms with E-state index in [4.69, 9.17) is 21.4 Å². The van der Waals surface area contributed by atoms with Gasteiger partial charge in [0.1, 0.15) is 5.75 Å². The second-order valence-corrected chi connectivity index (χ2v) is 5.35. The Labute approximate surface area is 129 Å². The molecule has 1 rings (SSSR count). The van der Waals surface area contributed by atoms with E-state index >= 15 is 0 Å². The van der Waals surface area contributed by atoms with Crippen molar-refractivity contribution in [1.82, 2.24) is 5.32 Å². The molecule has 116 valence electrons. The molecule has 6 heteroatoms. The first-order valence-electron chi connectivity index (χ1n) is 6.86. The van der Waals surface area contributed by atoms with Crippen molar-refractivity contribution in [2.24, 2.45) is 0 Å². The number of rotatable bonds is 8. The molecule has 0 spiro atoms. The minimum Gasteiger partial charge on any atom is -0.490 e. The Morgan fingerprint density at radius 2 is 2.05 bits per heavy atom. The zero-order valence-corrected chi connectivity index (χ0v) is 12.9. The van der Waals surface area contributed by atoms with Gasteiger partial charge in [-0.2, -0.15) is 0 Å². The number of carbonyl (C=O) groups excluding carboxylic acids is 1. The van der Waals surface area contributed by atoms with Crippen LogP contribution in [-0.2, 0) is 4.79 Å². The highest BCUT2D eigenvalue weighted by Gasteiger charge is 2.14. The van der Waals surface area contributed by atoms with Gasteiger partial charge in [-0.1, -0.05) is 11.6 Å². The van der Waals surface area contributed by atoms with Gasteiger partial charge in [0.25, 0.3) is 5.91 Å². The number of benzene rings is 1. The summed E-state index contributed by atoms with van der Waals surface area (Å²) in [7, 11) is 0. The first-order valence-corrected chi connectivity index (χ1v) is 7.24. The van der Waals surface area contributed by atoms with Crippen LogP contribution in [0.15, 0.2) is 18.2 Å². The van der Waals surface area contributed by atoms with Crippen LogP contribution in [0.3, 0.4) is 0 Å². The molecule has 2 N–H and O–H groups in total. The Hall–Kier alpha value is -1.75. The Morgan fingerprint density at radius 1 is 1.33 bits per heavy atom.